The second-order valence-corrected chi connectivity index (χ2v) is 13.5. The number of hydrogen-bond acceptors (Lipinski definition) is 8. The van der Waals surface area contributed by atoms with Crippen molar-refractivity contribution in [2.75, 3.05) is 45.9 Å². The molecule has 0 unspecified atom stereocenters. The molecule has 3 saturated heterocycles. The lowest BCUT2D eigenvalue weighted by molar-refractivity contribution is -0.904. The third-order valence-corrected chi connectivity index (χ3v) is 10.5. The van der Waals surface area contributed by atoms with Gasteiger partial charge in [-0.3, -0.25) is 15.0 Å². The molecule has 7 rings (SSSR count). The highest BCUT2D eigenvalue weighted by molar-refractivity contribution is 6.35. The van der Waals surface area contributed by atoms with Crippen LogP contribution in [0.25, 0.3) is 0 Å². The molecule has 0 saturated carbocycles. The molecule has 0 spiro atoms. The summed E-state index contributed by atoms with van der Waals surface area (Å²) in [6.45, 7) is 2.61. The third kappa shape index (κ3) is 7.66. The van der Waals surface area contributed by atoms with E-state index in [1.807, 2.05) is 12.1 Å². The molecular weight excluding hydrogens is 697 g/mol. The van der Waals surface area contributed by atoms with Gasteiger partial charge in [0.15, 0.2) is 11.5 Å². The molecule has 1 amide bonds. The fourth-order valence-corrected chi connectivity index (χ4v) is 7.86. The molecule has 3 aliphatic heterocycles. The lowest BCUT2D eigenvalue weighted by Crippen LogP contribution is -2.53. The van der Waals surface area contributed by atoms with E-state index in [0.29, 0.717) is 51.7 Å². The highest BCUT2D eigenvalue weighted by Crippen LogP contribution is 2.41. The van der Waals surface area contributed by atoms with Gasteiger partial charge in [-0.1, -0.05) is 53.5 Å². The molecule has 2 bridgehead atoms. The van der Waals surface area contributed by atoms with E-state index in [1.54, 1.807) is 42.5 Å². The minimum atomic E-state index is -1.16. The Balaban J connectivity index is 1.50. The molecule has 268 valence electrons. The van der Waals surface area contributed by atoms with Gasteiger partial charge in [0.05, 0.1) is 39.1 Å². The Morgan fingerprint density at radius 2 is 1.61 bits per heavy atom. The second-order valence-electron chi connectivity index (χ2n) is 12.7. The van der Waals surface area contributed by atoms with E-state index >= 15 is 0 Å². The lowest BCUT2D eigenvalue weighted by atomic mass is 9.80. The molecule has 4 aromatic rings. The van der Waals surface area contributed by atoms with Crippen LogP contribution in [0.2, 0.25) is 10.0 Å². The van der Waals surface area contributed by atoms with E-state index in [2.05, 4.69) is 4.90 Å². The van der Waals surface area contributed by atoms with Gasteiger partial charge in [0.2, 0.25) is 12.4 Å². The number of pyridine rings is 1. The Morgan fingerprint density at radius 3 is 2.24 bits per heavy atom. The van der Waals surface area contributed by atoms with E-state index in [0.717, 1.165) is 30.7 Å². The number of para-hydroxylation sites is 2. The summed E-state index contributed by atoms with van der Waals surface area (Å²) < 4.78 is 23.9. The van der Waals surface area contributed by atoms with Gasteiger partial charge in [0.1, 0.15) is 21.9 Å². The number of fused-ring (bicyclic) bond motifs is 3. The summed E-state index contributed by atoms with van der Waals surface area (Å²) in [5.74, 6) is -0.192. The van der Waals surface area contributed by atoms with E-state index in [-0.39, 0.29) is 40.6 Å². The molecule has 3 aliphatic rings. The fourth-order valence-electron chi connectivity index (χ4n) is 7.25. The first kappa shape index (κ1) is 36.1. The summed E-state index contributed by atoms with van der Waals surface area (Å²) in [6, 6.07) is 17.5. The summed E-state index contributed by atoms with van der Waals surface area (Å²) in [5, 5.41) is 21.1. The Bertz CT molecular complexity index is 1890. The molecule has 51 heavy (non-hydrogen) atoms. The van der Waals surface area contributed by atoms with Crippen molar-refractivity contribution < 1.29 is 43.6 Å². The Kier molecular flexibility index (Phi) is 11.1. The molecule has 13 heteroatoms. The number of amides is 1. The number of carboxylic acids is 1. The predicted octanol–water partition coefficient (Wildman–Crippen LogP) is 6.85. The highest BCUT2D eigenvalue weighted by Gasteiger charge is 2.38. The van der Waals surface area contributed by atoms with Gasteiger partial charge in [0.25, 0.3) is 0 Å². The van der Waals surface area contributed by atoms with Crippen LogP contribution in [0.1, 0.15) is 51.4 Å². The molecule has 4 heterocycles. The zero-order valence-corrected chi connectivity index (χ0v) is 30.1. The van der Waals surface area contributed by atoms with Gasteiger partial charge >= 0.3 is 12.1 Å². The standard InChI is InChI=1S/C38H39Cl2N3O8/c1-48-32-10-5-4-9-31(32)43(38(46)51-35-22-41-15-13-23(35)14-16-41)19-25-7-6-8-26(37(44)45)36(25)27(18-28-29(39)20-42(47)21-30(28)40)24-11-12-33(49-2)34(17-24)50-3/h4-12,17,20-21,23,27,35H,13-16,18-19,22H2,1-3H3,(H-,44,45,47)/p+1/t27-,35-/m0/s1. The minimum absolute atomic E-state index is 0.0263. The van der Waals surface area contributed by atoms with Crippen LogP contribution in [0.4, 0.5) is 10.5 Å². The number of piperidine rings is 3. The number of carbonyl (C=O) groups is 2. The first-order valence-electron chi connectivity index (χ1n) is 16.6. The van der Waals surface area contributed by atoms with Crippen LogP contribution < -0.4 is 23.8 Å². The van der Waals surface area contributed by atoms with Gasteiger partial charge in [-0.2, -0.15) is 0 Å². The third-order valence-electron chi connectivity index (χ3n) is 9.83. The number of anilines is 1. The van der Waals surface area contributed by atoms with Gasteiger partial charge in [-0.25, -0.2) is 9.59 Å². The number of carboxylic acid groups (broad SMARTS) is 1. The van der Waals surface area contributed by atoms with Crippen molar-refractivity contribution in [2.45, 2.75) is 37.8 Å². The molecule has 0 radical (unpaired) electrons. The number of hydrogen-bond donors (Lipinski definition) is 2. The molecular formula is C38H40Cl2N3O8+. The molecule has 2 N–H and O–H groups in total. The fraction of sp³-hybridized carbons (Fsp3) is 0.342. The molecule has 3 aromatic carbocycles. The van der Waals surface area contributed by atoms with Crippen molar-refractivity contribution in [1.82, 2.24) is 4.90 Å². The summed E-state index contributed by atoms with van der Waals surface area (Å²) in [5.41, 5.74) is 2.64. The van der Waals surface area contributed by atoms with Crippen molar-refractivity contribution in [3.05, 3.63) is 111 Å². The second kappa shape index (κ2) is 15.7. The number of benzene rings is 3. The molecule has 3 fully saturated rings. The van der Waals surface area contributed by atoms with Crippen LogP contribution in [0.3, 0.4) is 0 Å². The molecule has 1 aromatic heterocycles. The van der Waals surface area contributed by atoms with Crippen LogP contribution >= 0.6 is 23.2 Å². The highest BCUT2D eigenvalue weighted by atomic mass is 35.5. The summed E-state index contributed by atoms with van der Waals surface area (Å²) in [4.78, 5) is 31.2. The summed E-state index contributed by atoms with van der Waals surface area (Å²) in [6.07, 6.45) is 3.85. The Labute approximate surface area is 306 Å². The SMILES string of the molecule is COc1ccc([C@H](Cc2c(Cl)c[n+](O)cc2Cl)c2c(CN(C(=O)O[C@H]3CN4CCC3CC4)c3ccccc3OC)cccc2C(=O)O)cc1OC. The van der Waals surface area contributed by atoms with Gasteiger partial charge in [-0.05, 0) is 85.3 Å². The van der Waals surface area contributed by atoms with Crippen LogP contribution in [-0.2, 0) is 17.7 Å². The number of ether oxygens (including phenoxy) is 4. The van der Waals surface area contributed by atoms with Crippen molar-refractivity contribution in [1.29, 1.82) is 0 Å². The van der Waals surface area contributed by atoms with Crippen LogP contribution in [0.5, 0.6) is 17.2 Å². The molecule has 11 nitrogen and oxygen atoms in total. The topological polar surface area (TPSA) is 122 Å². The summed E-state index contributed by atoms with van der Waals surface area (Å²) in [7, 11) is 4.58. The number of aromatic nitrogens is 1. The van der Waals surface area contributed by atoms with Gasteiger partial charge in [0, 0.05) is 22.8 Å². The lowest BCUT2D eigenvalue weighted by Gasteiger charge is -2.44. The smallest absolute Gasteiger partial charge is 0.415 e. The number of carbonyl (C=O) groups excluding carboxylic acids is 1. The van der Waals surface area contributed by atoms with E-state index < -0.39 is 18.0 Å². The Morgan fingerprint density at radius 1 is 0.922 bits per heavy atom. The first-order valence-corrected chi connectivity index (χ1v) is 17.4. The zero-order valence-electron chi connectivity index (χ0n) is 28.6. The van der Waals surface area contributed by atoms with Gasteiger partial charge < -0.3 is 24.1 Å². The van der Waals surface area contributed by atoms with Crippen LogP contribution in [0.15, 0.2) is 73.1 Å². The van der Waals surface area contributed by atoms with Crippen LogP contribution in [-0.4, -0.2) is 74.3 Å². The quantitative estimate of drug-likeness (QED) is 0.119. The van der Waals surface area contributed by atoms with Crippen molar-refractivity contribution in [3.63, 3.8) is 0 Å². The minimum Gasteiger partial charge on any atom is -0.495 e. The van der Waals surface area contributed by atoms with Crippen molar-refractivity contribution in [2.24, 2.45) is 5.92 Å². The predicted molar refractivity (Wildman–Crippen MR) is 191 cm³/mol. The van der Waals surface area contributed by atoms with Crippen molar-refractivity contribution >= 4 is 41.0 Å². The normalized spacial score (nSPS) is 18.5. The average molecular weight is 738 g/mol. The number of halogens is 2. The van der Waals surface area contributed by atoms with E-state index in [1.165, 1.54) is 44.7 Å². The van der Waals surface area contributed by atoms with Crippen LogP contribution in [0, 0.1) is 5.92 Å². The Hall–Kier alpha value is -4.71. The van der Waals surface area contributed by atoms with E-state index in [4.69, 9.17) is 42.1 Å². The number of aromatic carboxylic acids is 1. The summed E-state index contributed by atoms with van der Waals surface area (Å²) >= 11 is 13.3. The van der Waals surface area contributed by atoms with Crippen molar-refractivity contribution in [3.8, 4) is 17.2 Å². The maximum Gasteiger partial charge on any atom is 0.415 e. The maximum atomic E-state index is 14.3. The van der Waals surface area contributed by atoms with Gasteiger partial charge in [-0.15, -0.1) is 0 Å². The molecule has 2 atom stereocenters. The number of rotatable bonds is 12. The average Bonchev–Trinajstić information content (AvgIpc) is 3.13. The molecule has 0 aliphatic carbocycles. The first-order chi connectivity index (χ1) is 24.6. The maximum absolute atomic E-state index is 14.3. The number of methoxy groups -OCH3 is 3. The largest absolute Gasteiger partial charge is 0.495 e. The van der Waals surface area contributed by atoms with E-state index in [9.17, 15) is 19.9 Å². The zero-order chi connectivity index (χ0) is 36.2. The number of nitrogens with zero attached hydrogens (tertiary/aromatic N) is 3. The monoisotopic (exact) mass is 736 g/mol.